The number of nitrogens with zero attached hydrogens (tertiary/aromatic N) is 3. The summed E-state index contributed by atoms with van der Waals surface area (Å²) in [6, 6.07) is 8.66. The summed E-state index contributed by atoms with van der Waals surface area (Å²) in [6.07, 6.45) is 1.62. The van der Waals surface area contributed by atoms with E-state index in [9.17, 15) is 4.79 Å². The number of aliphatic imine (C=N–C) groups is 1. The smallest absolute Gasteiger partial charge is 0.308 e. The van der Waals surface area contributed by atoms with Gasteiger partial charge < -0.3 is 19.9 Å². The first-order valence-electron chi connectivity index (χ1n) is 9.37. The number of hydrogen-bond donors (Lipinski definition) is 1. The highest BCUT2D eigenvalue weighted by Gasteiger charge is 2.26. The summed E-state index contributed by atoms with van der Waals surface area (Å²) in [7, 11) is 5.40. The van der Waals surface area contributed by atoms with Gasteiger partial charge in [0.2, 0.25) is 0 Å². The van der Waals surface area contributed by atoms with Crippen molar-refractivity contribution in [3.05, 3.63) is 35.4 Å². The molecule has 0 atom stereocenters. The molecule has 0 saturated carbocycles. The van der Waals surface area contributed by atoms with E-state index >= 15 is 0 Å². The van der Waals surface area contributed by atoms with Crippen molar-refractivity contribution in [1.82, 2.24) is 15.1 Å². The maximum atomic E-state index is 11.7. The van der Waals surface area contributed by atoms with Crippen LogP contribution < -0.4 is 5.32 Å². The number of rotatable bonds is 6. The monoisotopic (exact) mass is 360 g/mol. The highest BCUT2D eigenvalue weighted by Crippen LogP contribution is 2.18. The zero-order valence-corrected chi connectivity index (χ0v) is 16.5. The highest BCUT2D eigenvalue weighted by atomic mass is 16.5. The topological polar surface area (TPSA) is 57.2 Å². The second-order valence-electron chi connectivity index (χ2n) is 6.84. The Hall–Kier alpha value is -2.08. The quantitative estimate of drug-likeness (QED) is 0.478. The zero-order chi connectivity index (χ0) is 18.9. The van der Waals surface area contributed by atoms with Crippen LogP contribution in [0.4, 0.5) is 0 Å². The van der Waals surface area contributed by atoms with E-state index in [2.05, 4.69) is 58.3 Å². The number of piperidine rings is 1. The van der Waals surface area contributed by atoms with Crippen LogP contribution in [-0.2, 0) is 22.6 Å². The highest BCUT2D eigenvalue weighted by molar-refractivity contribution is 5.80. The number of guanidine groups is 1. The van der Waals surface area contributed by atoms with Gasteiger partial charge in [-0.3, -0.25) is 9.79 Å². The lowest BCUT2D eigenvalue weighted by atomic mass is 9.97. The van der Waals surface area contributed by atoms with Gasteiger partial charge in [0.05, 0.1) is 13.0 Å². The number of ether oxygens (including phenoxy) is 1. The second-order valence-corrected chi connectivity index (χ2v) is 6.84. The number of carbonyl (C=O) groups is 1. The fourth-order valence-electron chi connectivity index (χ4n) is 3.27. The molecule has 1 N–H and O–H groups in total. The molecule has 1 aliphatic rings. The van der Waals surface area contributed by atoms with Gasteiger partial charge in [-0.1, -0.05) is 31.2 Å². The minimum Gasteiger partial charge on any atom is -0.469 e. The number of carbonyl (C=O) groups excluding carboxylic acids is 1. The standard InChI is InChI=1S/C20H32N4O2/c1-5-23(3)15-17-8-6-7-16(13-17)14-22-20(21-2)24-11-9-18(10-12-24)19(25)26-4/h6-8,13,18H,5,9-12,14-15H2,1-4H3,(H,21,22). The Labute approximate surface area is 157 Å². The Kier molecular flexibility index (Phi) is 7.91. The summed E-state index contributed by atoms with van der Waals surface area (Å²) in [4.78, 5) is 20.6. The first-order valence-corrected chi connectivity index (χ1v) is 9.37. The van der Waals surface area contributed by atoms with Crippen LogP contribution in [0.25, 0.3) is 0 Å². The molecule has 1 aromatic rings. The molecule has 1 aliphatic heterocycles. The van der Waals surface area contributed by atoms with Gasteiger partial charge >= 0.3 is 5.97 Å². The van der Waals surface area contributed by atoms with Crippen molar-refractivity contribution in [3.8, 4) is 0 Å². The van der Waals surface area contributed by atoms with Gasteiger partial charge in [0.25, 0.3) is 0 Å². The molecule has 0 unspecified atom stereocenters. The molecular formula is C20H32N4O2. The summed E-state index contributed by atoms with van der Waals surface area (Å²) in [6.45, 7) is 6.55. The Morgan fingerprint density at radius 2 is 2.04 bits per heavy atom. The van der Waals surface area contributed by atoms with Gasteiger partial charge in [0, 0.05) is 33.2 Å². The minimum absolute atomic E-state index is 0.0154. The molecule has 0 spiro atoms. The summed E-state index contributed by atoms with van der Waals surface area (Å²) in [5.74, 6) is 0.812. The fraction of sp³-hybridized carbons (Fsp3) is 0.600. The summed E-state index contributed by atoms with van der Waals surface area (Å²) >= 11 is 0. The predicted octanol–water partition coefficient (Wildman–Crippen LogP) is 2.10. The molecule has 0 aromatic heterocycles. The third-order valence-corrected chi connectivity index (χ3v) is 4.98. The summed E-state index contributed by atoms with van der Waals surface area (Å²) < 4.78 is 4.86. The Morgan fingerprint density at radius 3 is 2.65 bits per heavy atom. The number of hydrogen-bond acceptors (Lipinski definition) is 4. The lowest BCUT2D eigenvalue weighted by molar-refractivity contribution is -0.146. The lowest BCUT2D eigenvalue weighted by Crippen LogP contribution is -2.46. The lowest BCUT2D eigenvalue weighted by Gasteiger charge is -2.33. The molecule has 0 amide bonds. The van der Waals surface area contributed by atoms with E-state index in [1.807, 2.05) is 0 Å². The molecule has 0 aliphatic carbocycles. The van der Waals surface area contributed by atoms with Crippen LogP contribution in [0.2, 0.25) is 0 Å². The van der Waals surface area contributed by atoms with Crippen molar-refractivity contribution in [2.45, 2.75) is 32.9 Å². The van der Waals surface area contributed by atoms with Gasteiger partial charge in [-0.05, 0) is 37.6 Å². The number of benzene rings is 1. The van der Waals surface area contributed by atoms with E-state index in [1.54, 1.807) is 7.05 Å². The zero-order valence-electron chi connectivity index (χ0n) is 16.5. The maximum Gasteiger partial charge on any atom is 0.308 e. The average molecular weight is 361 g/mol. The van der Waals surface area contributed by atoms with Crippen LogP contribution in [-0.4, -0.2) is 62.6 Å². The van der Waals surface area contributed by atoms with Crippen LogP contribution in [0.5, 0.6) is 0 Å². The molecule has 1 heterocycles. The molecule has 2 rings (SSSR count). The number of methoxy groups -OCH3 is 1. The van der Waals surface area contributed by atoms with Crippen LogP contribution in [0, 0.1) is 5.92 Å². The van der Waals surface area contributed by atoms with Crippen molar-refractivity contribution in [1.29, 1.82) is 0 Å². The summed E-state index contributed by atoms with van der Waals surface area (Å²) in [5, 5.41) is 3.45. The van der Waals surface area contributed by atoms with Crippen molar-refractivity contribution in [3.63, 3.8) is 0 Å². The Morgan fingerprint density at radius 1 is 1.35 bits per heavy atom. The number of esters is 1. The third kappa shape index (κ3) is 5.73. The molecule has 1 fully saturated rings. The van der Waals surface area contributed by atoms with Gasteiger partial charge in [-0.25, -0.2) is 0 Å². The van der Waals surface area contributed by atoms with Crippen LogP contribution >= 0.6 is 0 Å². The van der Waals surface area contributed by atoms with Crippen LogP contribution in [0.3, 0.4) is 0 Å². The molecule has 6 nitrogen and oxygen atoms in total. The molecule has 0 radical (unpaired) electrons. The van der Waals surface area contributed by atoms with Crippen LogP contribution in [0.15, 0.2) is 29.3 Å². The molecule has 6 heteroatoms. The van der Waals surface area contributed by atoms with Crippen molar-refractivity contribution < 1.29 is 9.53 Å². The van der Waals surface area contributed by atoms with Crippen molar-refractivity contribution in [2.75, 3.05) is 40.8 Å². The maximum absolute atomic E-state index is 11.7. The minimum atomic E-state index is -0.0959. The molecule has 144 valence electrons. The molecule has 1 aromatic carbocycles. The second kappa shape index (κ2) is 10.2. The van der Waals surface area contributed by atoms with Crippen molar-refractivity contribution in [2.24, 2.45) is 10.9 Å². The van der Waals surface area contributed by atoms with E-state index in [0.29, 0.717) is 0 Å². The third-order valence-electron chi connectivity index (χ3n) is 4.98. The number of likely N-dealkylation sites (tertiary alicyclic amines) is 1. The van der Waals surface area contributed by atoms with Crippen molar-refractivity contribution >= 4 is 11.9 Å². The number of nitrogens with one attached hydrogen (secondary N) is 1. The molecular weight excluding hydrogens is 328 g/mol. The van der Waals surface area contributed by atoms with E-state index in [4.69, 9.17) is 4.74 Å². The van der Waals surface area contributed by atoms with E-state index in [1.165, 1.54) is 18.2 Å². The summed E-state index contributed by atoms with van der Waals surface area (Å²) in [5.41, 5.74) is 2.57. The average Bonchev–Trinajstić information content (AvgIpc) is 2.68. The van der Waals surface area contributed by atoms with E-state index in [-0.39, 0.29) is 11.9 Å². The predicted molar refractivity (Wildman–Crippen MR) is 105 cm³/mol. The fourth-order valence-corrected chi connectivity index (χ4v) is 3.27. The van der Waals surface area contributed by atoms with E-state index in [0.717, 1.165) is 51.5 Å². The SMILES string of the molecule is CCN(C)Cc1cccc(CNC(=NC)N2CCC(C(=O)OC)CC2)c1. The van der Waals surface area contributed by atoms with E-state index < -0.39 is 0 Å². The normalized spacial score (nSPS) is 16.0. The first-order chi connectivity index (χ1) is 12.6. The van der Waals surface area contributed by atoms with Gasteiger partial charge in [0.15, 0.2) is 5.96 Å². The Bertz CT molecular complexity index is 610. The molecule has 0 bridgehead atoms. The molecule has 26 heavy (non-hydrogen) atoms. The van der Waals surface area contributed by atoms with Gasteiger partial charge in [-0.2, -0.15) is 0 Å². The van der Waals surface area contributed by atoms with Gasteiger partial charge in [0.1, 0.15) is 0 Å². The van der Waals surface area contributed by atoms with Crippen LogP contribution in [0.1, 0.15) is 30.9 Å². The largest absolute Gasteiger partial charge is 0.469 e. The first kappa shape index (κ1) is 20.2. The molecule has 1 saturated heterocycles. The van der Waals surface area contributed by atoms with Gasteiger partial charge in [-0.15, -0.1) is 0 Å². The Balaban J connectivity index is 1.88.